The van der Waals surface area contributed by atoms with E-state index in [4.69, 9.17) is 4.74 Å². The predicted octanol–water partition coefficient (Wildman–Crippen LogP) is 0.100. The molecule has 0 amide bonds. The van der Waals surface area contributed by atoms with E-state index in [-0.39, 0.29) is 0 Å². The molecule has 1 N–H and O–H groups in total. The third-order valence-electron chi connectivity index (χ3n) is 1.03. The van der Waals surface area contributed by atoms with Crippen LogP contribution in [0.3, 0.4) is 0 Å². The zero-order valence-electron chi connectivity index (χ0n) is 8.12. The fourth-order valence-electron chi connectivity index (χ4n) is 0.583. The molecule has 0 aromatic heterocycles. The van der Waals surface area contributed by atoms with Crippen LogP contribution in [0.5, 0.6) is 0 Å². The summed E-state index contributed by atoms with van der Waals surface area (Å²) >= 11 is -2.45. The number of carbonyl (C=O) groups excluding carboxylic acids is 1. The number of ether oxygens (including phenoxy) is 1. The molecule has 0 aromatic rings. The highest BCUT2D eigenvalue weighted by atomic mass is 32.2. The Morgan fingerprint density at radius 1 is 1.54 bits per heavy atom. The molecule has 5 nitrogen and oxygen atoms in total. The number of nitrogens with one attached hydrogen (secondary N) is 1. The smallest absolute Gasteiger partial charge is 0.324 e. The molecule has 0 saturated heterocycles. The summed E-state index contributed by atoms with van der Waals surface area (Å²) in [4.78, 5) is 11.1. The maximum atomic E-state index is 11.1. The molecule has 0 aliphatic rings. The first-order chi connectivity index (χ1) is 5.72. The van der Waals surface area contributed by atoms with Gasteiger partial charge in [0.15, 0.2) is 0 Å². The summed E-state index contributed by atoms with van der Waals surface area (Å²) in [6.45, 7) is 6.56. The van der Waals surface area contributed by atoms with Crippen molar-refractivity contribution in [3.63, 3.8) is 0 Å². The van der Waals surface area contributed by atoms with Gasteiger partial charge in [-0.3, -0.25) is 9.00 Å². The van der Waals surface area contributed by atoms with E-state index >= 15 is 0 Å². The molecule has 0 fully saturated rings. The van der Waals surface area contributed by atoms with Crippen molar-refractivity contribution in [3.8, 4) is 0 Å². The quantitative estimate of drug-likeness (QED) is 0.527. The average molecular weight is 208 g/mol. The van der Waals surface area contributed by atoms with E-state index in [0.29, 0.717) is 0 Å². The first-order valence-corrected chi connectivity index (χ1v) is 4.88. The Hall–Kier alpha value is -0.460. The van der Waals surface area contributed by atoms with Gasteiger partial charge in [-0.1, -0.05) is 0 Å². The Labute approximate surface area is 80.3 Å². The molecule has 13 heavy (non-hydrogen) atoms. The van der Waals surface area contributed by atoms with E-state index < -0.39 is 28.9 Å². The molecule has 0 rings (SSSR count). The number of hydrogen-bond donors (Lipinski definition) is 1. The van der Waals surface area contributed by atoms with Crippen molar-refractivity contribution in [2.45, 2.75) is 39.3 Å². The van der Waals surface area contributed by atoms with Crippen molar-refractivity contribution >= 4 is 17.2 Å². The first-order valence-electron chi connectivity index (χ1n) is 3.80. The summed E-state index contributed by atoms with van der Waals surface area (Å²) in [5.41, 5.74) is -0.600. The summed E-state index contributed by atoms with van der Waals surface area (Å²) < 4.78 is 27.3. The highest BCUT2D eigenvalue weighted by Gasteiger charge is 2.21. The number of hydrogen-bond acceptors (Lipinski definition) is 4. The Kier molecular flexibility index (Phi) is 4.52. The standard InChI is InChI=1S/C7H15NO4S/c1-5(8-13(10)11)6(9)12-7(2,3)4/h5,8H,1-4H3,(H,10,11)/p-1/t5-/m1/s1. The Balaban J connectivity index is 4.05. The molecule has 6 heteroatoms. The van der Waals surface area contributed by atoms with Gasteiger partial charge in [0.2, 0.25) is 0 Å². The number of esters is 1. The number of carbonyl (C=O) groups is 1. The Morgan fingerprint density at radius 2 is 2.00 bits per heavy atom. The summed E-state index contributed by atoms with van der Waals surface area (Å²) in [6, 6.07) is -0.849. The summed E-state index contributed by atoms with van der Waals surface area (Å²) in [7, 11) is 0. The van der Waals surface area contributed by atoms with Gasteiger partial charge in [-0.15, -0.1) is 0 Å². The fraction of sp³-hybridized carbons (Fsp3) is 0.857. The van der Waals surface area contributed by atoms with Gasteiger partial charge in [-0.05, 0) is 27.7 Å². The molecule has 0 radical (unpaired) electrons. The summed E-state index contributed by atoms with van der Waals surface area (Å²) in [5, 5.41) is 0. The third-order valence-corrected chi connectivity index (χ3v) is 1.58. The Bertz CT molecular complexity index is 211. The number of rotatable bonds is 3. The second-order valence-corrected chi connectivity index (χ2v) is 4.31. The normalized spacial score (nSPS) is 16.4. The van der Waals surface area contributed by atoms with Gasteiger partial charge in [0, 0.05) is 11.3 Å². The van der Waals surface area contributed by atoms with Crippen LogP contribution in [0, 0.1) is 0 Å². The zero-order chi connectivity index (χ0) is 10.6. The molecule has 1 unspecified atom stereocenters. The summed E-state index contributed by atoms with van der Waals surface area (Å²) in [6.07, 6.45) is 0. The lowest BCUT2D eigenvalue weighted by Gasteiger charge is -2.23. The van der Waals surface area contributed by atoms with Gasteiger partial charge >= 0.3 is 5.97 Å². The molecular weight excluding hydrogens is 194 g/mol. The minimum Gasteiger partial charge on any atom is -0.760 e. The van der Waals surface area contributed by atoms with Crippen LogP contribution >= 0.6 is 0 Å². The molecule has 0 saturated carbocycles. The van der Waals surface area contributed by atoms with Gasteiger partial charge in [0.05, 0.1) is 0 Å². The van der Waals surface area contributed by atoms with Crippen molar-refractivity contribution in [1.82, 2.24) is 4.72 Å². The molecule has 0 bridgehead atoms. The third kappa shape index (κ3) is 6.68. The van der Waals surface area contributed by atoms with Crippen molar-refractivity contribution in [3.05, 3.63) is 0 Å². The fourth-order valence-corrected chi connectivity index (χ4v) is 0.968. The van der Waals surface area contributed by atoms with Crippen molar-refractivity contribution < 1.29 is 18.3 Å². The van der Waals surface area contributed by atoms with E-state index in [1.807, 2.05) is 4.72 Å². The van der Waals surface area contributed by atoms with E-state index in [2.05, 4.69) is 0 Å². The van der Waals surface area contributed by atoms with Crippen molar-refractivity contribution in [2.75, 3.05) is 0 Å². The van der Waals surface area contributed by atoms with Crippen LogP contribution in [0.1, 0.15) is 27.7 Å². The topological polar surface area (TPSA) is 78.5 Å². The largest absolute Gasteiger partial charge is 0.760 e. The van der Waals surface area contributed by atoms with Crippen LogP contribution in [0.2, 0.25) is 0 Å². The molecule has 0 aliphatic carbocycles. The highest BCUT2D eigenvalue weighted by molar-refractivity contribution is 7.77. The maximum absolute atomic E-state index is 11.1. The lowest BCUT2D eigenvalue weighted by Crippen LogP contribution is -2.39. The van der Waals surface area contributed by atoms with Crippen LogP contribution in [0.15, 0.2) is 0 Å². The average Bonchev–Trinajstić information content (AvgIpc) is 1.81. The molecule has 0 heterocycles. The minimum absolute atomic E-state index is 0.586. The highest BCUT2D eigenvalue weighted by Crippen LogP contribution is 2.08. The van der Waals surface area contributed by atoms with Gasteiger partial charge in [-0.25, -0.2) is 4.72 Å². The molecule has 0 aliphatic heterocycles. The molecule has 78 valence electrons. The molecule has 0 spiro atoms. The second kappa shape index (κ2) is 4.69. The van der Waals surface area contributed by atoms with E-state index in [1.165, 1.54) is 6.92 Å². The molecular formula is C7H14NO4S-. The Morgan fingerprint density at radius 3 is 2.31 bits per heavy atom. The van der Waals surface area contributed by atoms with E-state index in [9.17, 15) is 13.6 Å². The van der Waals surface area contributed by atoms with Gasteiger partial charge in [-0.2, -0.15) is 0 Å². The van der Waals surface area contributed by atoms with Crippen molar-refractivity contribution in [2.24, 2.45) is 0 Å². The van der Waals surface area contributed by atoms with Gasteiger partial charge < -0.3 is 9.29 Å². The van der Waals surface area contributed by atoms with Gasteiger partial charge in [0.1, 0.15) is 11.6 Å². The predicted molar refractivity (Wildman–Crippen MR) is 47.4 cm³/mol. The maximum Gasteiger partial charge on any atom is 0.324 e. The second-order valence-electron chi connectivity index (χ2n) is 3.61. The van der Waals surface area contributed by atoms with Crippen LogP contribution in [0.4, 0.5) is 0 Å². The zero-order valence-corrected chi connectivity index (χ0v) is 8.94. The first kappa shape index (κ1) is 12.5. The van der Waals surface area contributed by atoms with Crippen LogP contribution in [-0.2, 0) is 20.8 Å². The molecule has 0 aromatic carbocycles. The summed E-state index contributed by atoms with van der Waals surface area (Å²) in [5.74, 6) is -0.586. The lowest BCUT2D eigenvalue weighted by molar-refractivity contribution is -0.156. The van der Waals surface area contributed by atoms with E-state index in [0.717, 1.165) is 0 Å². The van der Waals surface area contributed by atoms with E-state index in [1.54, 1.807) is 20.8 Å². The van der Waals surface area contributed by atoms with Gasteiger partial charge in [0.25, 0.3) is 0 Å². The molecule has 2 atom stereocenters. The van der Waals surface area contributed by atoms with Crippen molar-refractivity contribution in [1.29, 1.82) is 0 Å². The lowest BCUT2D eigenvalue weighted by atomic mass is 10.2. The minimum atomic E-state index is -2.45. The van der Waals surface area contributed by atoms with Crippen LogP contribution < -0.4 is 4.72 Å². The van der Waals surface area contributed by atoms with Crippen LogP contribution in [-0.4, -0.2) is 26.4 Å². The van der Waals surface area contributed by atoms with Crippen LogP contribution in [0.25, 0.3) is 0 Å². The monoisotopic (exact) mass is 208 g/mol. The SMILES string of the molecule is C[C@@H](NS(=O)[O-])C(=O)OC(C)(C)C.